The van der Waals surface area contributed by atoms with E-state index in [-0.39, 0.29) is 44.1 Å². The Morgan fingerprint density at radius 1 is 1.10 bits per heavy atom. The van der Waals surface area contributed by atoms with Crippen LogP contribution in [0.5, 0.6) is 0 Å². The van der Waals surface area contributed by atoms with Gasteiger partial charge in [0.2, 0.25) is 5.91 Å². The highest BCUT2D eigenvalue weighted by Gasteiger charge is 2.42. The minimum atomic E-state index is -1.95. The van der Waals surface area contributed by atoms with E-state index in [1.807, 2.05) is 51.4 Å². The van der Waals surface area contributed by atoms with Crippen molar-refractivity contribution >= 4 is 34.3 Å². The lowest BCUT2D eigenvalue weighted by molar-refractivity contribution is -0.241. The number of ether oxygens (including phenoxy) is 4. The van der Waals surface area contributed by atoms with Crippen LogP contribution in [0.3, 0.4) is 0 Å². The number of Topliss-reactive ketones (excluding diaryl/α,β-unsaturated/α-hetero) is 1. The molecular weight excluding hydrogens is 672 g/mol. The SMILES string of the molecule is CC1CC(N(C)C)CC(O[C@@H]2CC(=O)C(C)C(=O)OC[C@@](C)(O)C(O)C(C)C(=O)N[C@H](C)CC2OCC(CO)CNc2ccc3ncccc3c2)O1. The lowest BCUT2D eigenvalue weighted by Crippen LogP contribution is -2.52. The number of anilines is 1. The van der Waals surface area contributed by atoms with Gasteiger partial charge < -0.3 is 49.8 Å². The summed E-state index contributed by atoms with van der Waals surface area (Å²) in [6.07, 6.45) is -1.05. The van der Waals surface area contributed by atoms with Crippen molar-refractivity contribution in [2.24, 2.45) is 17.8 Å². The van der Waals surface area contributed by atoms with Crippen LogP contribution in [0.1, 0.15) is 60.3 Å². The van der Waals surface area contributed by atoms with E-state index >= 15 is 0 Å². The zero-order valence-corrected chi connectivity index (χ0v) is 31.5. The van der Waals surface area contributed by atoms with Crippen molar-refractivity contribution in [1.82, 2.24) is 15.2 Å². The molecule has 0 spiro atoms. The predicted octanol–water partition coefficient (Wildman–Crippen LogP) is 2.28. The third-order valence-electron chi connectivity index (χ3n) is 10.2. The molecule has 1 aromatic heterocycles. The number of nitrogens with one attached hydrogen (secondary N) is 2. The molecule has 14 heteroatoms. The Hall–Kier alpha value is -3.24. The van der Waals surface area contributed by atoms with Gasteiger partial charge in [0.05, 0.1) is 42.5 Å². The Balaban J connectivity index is 1.60. The van der Waals surface area contributed by atoms with Crippen molar-refractivity contribution in [2.75, 3.05) is 45.8 Å². The number of carbonyl (C=O) groups excluding carboxylic acids is 3. The molecule has 0 radical (unpaired) electrons. The summed E-state index contributed by atoms with van der Waals surface area (Å²) in [5.74, 6) is -4.52. The van der Waals surface area contributed by atoms with Crippen LogP contribution in [0.25, 0.3) is 10.9 Å². The second-order valence-electron chi connectivity index (χ2n) is 15.1. The third-order valence-corrected chi connectivity index (χ3v) is 10.2. The number of carbonyl (C=O) groups is 3. The first-order chi connectivity index (χ1) is 24.6. The van der Waals surface area contributed by atoms with Gasteiger partial charge in [0.15, 0.2) is 6.29 Å². The van der Waals surface area contributed by atoms with E-state index in [1.54, 1.807) is 13.1 Å². The second kappa shape index (κ2) is 18.7. The number of aliphatic hydroxyl groups excluding tert-OH is 2. The summed E-state index contributed by atoms with van der Waals surface area (Å²) >= 11 is 0. The van der Waals surface area contributed by atoms with Gasteiger partial charge in [0.1, 0.15) is 23.9 Å². The largest absolute Gasteiger partial charge is 0.462 e. The molecule has 11 atom stereocenters. The number of hydrogen-bond donors (Lipinski definition) is 5. The van der Waals surface area contributed by atoms with Gasteiger partial charge in [-0.2, -0.15) is 0 Å². The average Bonchev–Trinajstić information content (AvgIpc) is 3.11. The average molecular weight is 731 g/mol. The van der Waals surface area contributed by atoms with Crippen molar-refractivity contribution in [2.45, 2.75) is 109 Å². The maximum atomic E-state index is 13.7. The van der Waals surface area contributed by atoms with Crippen LogP contribution < -0.4 is 10.6 Å². The lowest BCUT2D eigenvalue weighted by Gasteiger charge is -2.40. The Bertz CT molecular complexity index is 1490. The number of ketones is 1. The van der Waals surface area contributed by atoms with E-state index in [0.29, 0.717) is 13.0 Å². The summed E-state index contributed by atoms with van der Waals surface area (Å²) in [6.45, 7) is 7.55. The van der Waals surface area contributed by atoms with Crippen molar-refractivity contribution in [1.29, 1.82) is 0 Å². The molecule has 3 heterocycles. The Morgan fingerprint density at radius 3 is 2.56 bits per heavy atom. The quantitative estimate of drug-likeness (QED) is 0.177. The van der Waals surface area contributed by atoms with E-state index in [2.05, 4.69) is 20.5 Å². The molecule has 14 nitrogen and oxygen atoms in total. The smallest absolute Gasteiger partial charge is 0.316 e. The van der Waals surface area contributed by atoms with Gasteiger partial charge >= 0.3 is 5.97 Å². The van der Waals surface area contributed by atoms with Crippen LogP contribution in [-0.2, 0) is 33.3 Å². The number of hydrogen-bond acceptors (Lipinski definition) is 13. The third kappa shape index (κ3) is 11.4. The van der Waals surface area contributed by atoms with E-state index in [1.165, 1.54) is 20.8 Å². The Labute approximate surface area is 306 Å². The van der Waals surface area contributed by atoms with Crippen LogP contribution in [0, 0.1) is 17.8 Å². The molecule has 2 fully saturated rings. The molecule has 1 aromatic carbocycles. The van der Waals surface area contributed by atoms with Crippen molar-refractivity contribution in [3.63, 3.8) is 0 Å². The molecule has 2 saturated heterocycles. The first kappa shape index (κ1) is 41.5. The van der Waals surface area contributed by atoms with Crippen molar-refractivity contribution in [3.05, 3.63) is 36.5 Å². The van der Waals surface area contributed by atoms with Gasteiger partial charge in [-0.1, -0.05) is 13.0 Å². The normalized spacial score (nSPS) is 33.5. The number of amides is 1. The number of pyridine rings is 1. The zero-order valence-electron chi connectivity index (χ0n) is 31.5. The number of aromatic nitrogens is 1. The molecule has 4 rings (SSSR count). The van der Waals surface area contributed by atoms with Gasteiger partial charge in [-0.25, -0.2) is 0 Å². The fourth-order valence-corrected chi connectivity index (χ4v) is 6.65. The highest BCUT2D eigenvalue weighted by atomic mass is 16.7. The molecule has 0 aliphatic carbocycles. The van der Waals surface area contributed by atoms with Crippen molar-refractivity contribution in [3.8, 4) is 0 Å². The minimum Gasteiger partial charge on any atom is -0.462 e. The first-order valence-electron chi connectivity index (χ1n) is 18.3. The fraction of sp³-hybridized carbons (Fsp3) is 0.684. The molecule has 52 heavy (non-hydrogen) atoms. The number of nitrogens with zero attached hydrogens (tertiary/aromatic N) is 2. The van der Waals surface area contributed by atoms with Crippen LogP contribution in [-0.4, -0.2) is 132 Å². The molecule has 1 amide bonds. The molecule has 290 valence electrons. The maximum absolute atomic E-state index is 13.7. The molecule has 0 bridgehead atoms. The van der Waals surface area contributed by atoms with Gasteiger partial charge in [-0.15, -0.1) is 0 Å². The van der Waals surface area contributed by atoms with Gasteiger partial charge in [-0.05, 0) is 78.9 Å². The monoisotopic (exact) mass is 730 g/mol. The highest BCUT2D eigenvalue weighted by Crippen LogP contribution is 2.29. The summed E-state index contributed by atoms with van der Waals surface area (Å²) in [6, 6.07) is 9.28. The topological polar surface area (TPSA) is 189 Å². The van der Waals surface area contributed by atoms with E-state index in [0.717, 1.165) is 23.0 Å². The van der Waals surface area contributed by atoms with Crippen LogP contribution in [0.15, 0.2) is 36.5 Å². The molecule has 5 N–H and O–H groups in total. The Kier molecular flexibility index (Phi) is 14.9. The highest BCUT2D eigenvalue weighted by molar-refractivity contribution is 5.98. The Morgan fingerprint density at radius 2 is 1.85 bits per heavy atom. The van der Waals surface area contributed by atoms with Crippen LogP contribution >= 0.6 is 0 Å². The molecule has 0 saturated carbocycles. The first-order valence-corrected chi connectivity index (χ1v) is 18.3. The van der Waals surface area contributed by atoms with Gasteiger partial charge in [0.25, 0.3) is 0 Å². The number of rotatable bonds is 10. The molecular formula is C38H58N4O10. The van der Waals surface area contributed by atoms with Gasteiger partial charge in [0, 0.05) is 61.3 Å². The second-order valence-corrected chi connectivity index (χ2v) is 15.1. The summed E-state index contributed by atoms with van der Waals surface area (Å²) in [7, 11) is 3.98. The number of benzene rings is 1. The zero-order chi connectivity index (χ0) is 38.2. The minimum absolute atomic E-state index is 0.0792. The van der Waals surface area contributed by atoms with E-state index < -0.39 is 72.3 Å². The van der Waals surface area contributed by atoms with Gasteiger partial charge in [-0.3, -0.25) is 19.4 Å². The molecule has 2 aliphatic rings. The van der Waals surface area contributed by atoms with E-state index in [9.17, 15) is 29.7 Å². The number of fused-ring (bicyclic) bond motifs is 1. The molecule has 8 unspecified atom stereocenters. The van der Waals surface area contributed by atoms with Crippen LogP contribution in [0.4, 0.5) is 5.69 Å². The predicted molar refractivity (Wildman–Crippen MR) is 194 cm³/mol. The summed E-state index contributed by atoms with van der Waals surface area (Å²) < 4.78 is 24.6. The summed E-state index contributed by atoms with van der Waals surface area (Å²) in [5.41, 5.74) is -0.233. The number of cyclic esters (lactones) is 1. The molecule has 2 aliphatic heterocycles. The van der Waals surface area contributed by atoms with Crippen molar-refractivity contribution < 1.29 is 48.7 Å². The van der Waals surface area contributed by atoms with Crippen LogP contribution in [0.2, 0.25) is 0 Å². The number of aliphatic hydroxyl groups is 3. The summed E-state index contributed by atoms with van der Waals surface area (Å²) in [4.78, 5) is 46.6. The van der Waals surface area contributed by atoms with E-state index in [4.69, 9.17) is 18.9 Å². The lowest BCUT2D eigenvalue weighted by atomic mass is 9.89. The fourth-order valence-electron chi connectivity index (χ4n) is 6.65. The number of esters is 1. The molecule has 2 aromatic rings. The summed E-state index contributed by atoms with van der Waals surface area (Å²) in [5, 5.41) is 39.4. The standard InChI is InChI=1S/C38H58N4O10/c1-22-13-32(49-20-26(19-43)18-40-28-10-11-30-27(15-28)9-8-12-39-30)33(52-34-16-29(42(6)7)14-23(2)51-34)17-31(44)24(3)37(47)50-21-38(5,48)35(45)25(4)36(46)41-22/h8-12,15,22-26,29,32-35,40,43,45,48H,13-14,16-21H2,1-7H3,(H,41,46)/t22-,23?,24?,25?,26?,29?,32?,33-,34?,35?,38-/m1/s1. The maximum Gasteiger partial charge on any atom is 0.316 e.